The van der Waals surface area contributed by atoms with Gasteiger partial charge in [0, 0.05) is 23.9 Å². The van der Waals surface area contributed by atoms with Crippen LogP contribution in [-0.2, 0) is 6.61 Å². The topological polar surface area (TPSA) is 34.0 Å². The Bertz CT molecular complexity index is 990. The number of halogens is 2. The standard InChI is InChI=1S/C26H30F2N2O/c1-5-21-13-12-20(14-15-29-21)18(3)19(4)30-26-17(2)8-6-11-25(26)31-16-22-23(27)9-7-10-24(22)28/h6-11,14-15,18,21H,5,12-13,16H2,1-4H3. The second-order valence-electron chi connectivity index (χ2n) is 8.03. The molecular formula is C26H30F2N2O. The lowest BCUT2D eigenvalue weighted by Gasteiger charge is -2.18. The summed E-state index contributed by atoms with van der Waals surface area (Å²) in [5, 5.41) is 0. The maximum Gasteiger partial charge on any atom is 0.145 e. The number of benzene rings is 2. The minimum atomic E-state index is -0.616. The Labute approximate surface area is 183 Å². The quantitative estimate of drug-likeness (QED) is 0.435. The van der Waals surface area contributed by atoms with E-state index in [1.165, 1.54) is 23.8 Å². The third-order valence-corrected chi connectivity index (χ3v) is 5.93. The Morgan fingerprint density at radius 1 is 1.19 bits per heavy atom. The van der Waals surface area contributed by atoms with E-state index in [0.29, 0.717) is 17.5 Å². The average molecular weight is 425 g/mol. The first-order chi connectivity index (χ1) is 14.9. The highest BCUT2D eigenvalue weighted by molar-refractivity contribution is 5.91. The maximum atomic E-state index is 14.0. The minimum Gasteiger partial charge on any atom is -0.486 e. The third-order valence-electron chi connectivity index (χ3n) is 5.93. The van der Waals surface area contributed by atoms with Gasteiger partial charge in [-0.25, -0.2) is 8.78 Å². The number of hydrogen-bond donors (Lipinski definition) is 0. The first kappa shape index (κ1) is 22.9. The van der Waals surface area contributed by atoms with E-state index in [1.807, 2.05) is 32.2 Å². The van der Waals surface area contributed by atoms with Crippen molar-refractivity contribution >= 4 is 17.6 Å². The molecule has 0 N–H and O–H groups in total. The molecule has 0 aliphatic carbocycles. The smallest absolute Gasteiger partial charge is 0.145 e. The molecule has 3 rings (SSSR count). The molecule has 1 aliphatic heterocycles. The summed E-state index contributed by atoms with van der Waals surface area (Å²) in [5.41, 5.74) is 3.83. The molecule has 0 amide bonds. The second kappa shape index (κ2) is 10.5. The van der Waals surface area contributed by atoms with E-state index in [-0.39, 0.29) is 18.1 Å². The van der Waals surface area contributed by atoms with Crippen LogP contribution in [0, 0.1) is 24.5 Å². The molecule has 1 aliphatic rings. The summed E-state index contributed by atoms with van der Waals surface area (Å²) in [6.07, 6.45) is 7.12. The molecule has 0 fully saturated rings. The van der Waals surface area contributed by atoms with E-state index >= 15 is 0 Å². The van der Waals surface area contributed by atoms with Crippen LogP contribution in [0.3, 0.4) is 0 Å². The van der Waals surface area contributed by atoms with E-state index in [2.05, 4.69) is 24.9 Å². The molecule has 5 heteroatoms. The molecule has 2 atom stereocenters. The molecular weight excluding hydrogens is 394 g/mol. The van der Waals surface area contributed by atoms with Gasteiger partial charge in [0.2, 0.25) is 0 Å². The zero-order valence-electron chi connectivity index (χ0n) is 18.7. The summed E-state index contributed by atoms with van der Waals surface area (Å²) in [6, 6.07) is 9.79. The normalized spacial score (nSPS) is 17.8. The molecule has 0 saturated heterocycles. The van der Waals surface area contributed by atoms with E-state index < -0.39 is 11.6 Å². The van der Waals surface area contributed by atoms with Gasteiger partial charge in [-0.1, -0.05) is 37.6 Å². The predicted octanol–water partition coefficient (Wildman–Crippen LogP) is 7.15. The molecule has 2 aromatic rings. The lowest BCUT2D eigenvalue weighted by atomic mass is 9.91. The Kier molecular flexibility index (Phi) is 7.72. The van der Waals surface area contributed by atoms with Crippen LogP contribution in [0.15, 0.2) is 58.0 Å². The summed E-state index contributed by atoms with van der Waals surface area (Å²) >= 11 is 0. The van der Waals surface area contributed by atoms with E-state index in [1.54, 1.807) is 6.07 Å². The first-order valence-corrected chi connectivity index (χ1v) is 10.8. The lowest BCUT2D eigenvalue weighted by molar-refractivity contribution is 0.293. The van der Waals surface area contributed by atoms with Gasteiger partial charge in [-0.2, -0.15) is 0 Å². The highest BCUT2D eigenvalue weighted by atomic mass is 19.1. The van der Waals surface area contributed by atoms with Crippen molar-refractivity contribution in [2.45, 2.75) is 59.6 Å². The Hall–Kier alpha value is -2.82. The largest absolute Gasteiger partial charge is 0.486 e. The Morgan fingerprint density at radius 2 is 1.90 bits per heavy atom. The van der Waals surface area contributed by atoms with Crippen LogP contribution in [0.5, 0.6) is 5.75 Å². The average Bonchev–Trinajstić information content (AvgIpc) is 3.00. The highest BCUT2D eigenvalue weighted by Gasteiger charge is 2.17. The van der Waals surface area contributed by atoms with Crippen molar-refractivity contribution in [3.63, 3.8) is 0 Å². The number of para-hydroxylation sites is 1. The second-order valence-corrected chi connectivity index (χ2v) is 8.03. The summed E-state index contributed by atoms with van der Waals surface area (Å²) in [5.74, 6) is -0.556. The van der Waals surface area contributed by atoms with Crippen molar-refractivity contribution in [3.05, 3.63) is 70.8 Å². The van der Waals surface area contributed by atoms with Gasteiger partial charge in [0.05, 0.1) is 5.56 Å². The molecule has 0 aromatic heterocycles. The van der Waals surface area contributed by atoms with Gasteiger partial charge >= 0.3 is 0 Å². The molecule has 164 valence electrons. The van der Waals surface area contributed by atoms with Gasteiger partial charge in [0.25, 0.3) is 0 Å². The lowest BCUT2D eigenvalue weighted by Crippen LogP contribution is -2.11. The molecule has 2 aromatic carbocycles. The number of aliphatic imine (C=N–C) groups is 2. The van der Waals surface area contributed by atoms with Crippen molar-refractivity contribution in [2.75, 3.05) is 0 Å². The van der Waals surface area contributed by atoms with E-state index in [9.17, 15) is 8.78 Å². The fourth-order valence-electron chi connectivity index (χ4n) is 3.68. The monoisotopic (exact) mass is 424 g/mol. The van der Waals surface area contributed by atoms with Crippen LogP contribution in [0.1, 0.15) is 51.2 Å². The van der Waals surface area contributed by atoms with Gasteiger partial charge in [-0.3, -0.25) is 9.98 Å². The van der Waals surface area contributed by atoms with Crippen LogP contribution in [0.25, 0.3) is 0 Å². The number of ether oxygens (including phenoxy) is 1. The van der Waals surface area contributed by atoms with Crippen LogP contribution < -0.4 is 4.74 Å². The van der Waals surface area contributed by atoms with Crippen molar-refractivity contribution in [1.82, 2.24) is 0 Å². The van der Waals surface area contributed by atoms with Crippen molar-refractivity contribution in [1.29, 1.82) is 0 Å². The summed E-state index contributed by atoms with van der Waals surface area (Å²) in [4.78, 5) is 9.47. The van der Waals surface area contributed by atoms with Crippen molar-refractivity contribution < 1.29 is 13.5 Å². The molecule has 0 bridgehead atoms. The summed E-state index contributed by atoms with van der Waals surface area (Å²) in [6.45, 7) is 8.09. The first-order valence-electron chi connectivity index (χ1n) is 10.8. The van der Waals surface area contributed by atoms with Gasteiger partial charge in [0.1, 0.15) is 29.7 Å². The number of rotatable bonds is 7. The summed E-state index contributed by atoms with van der Waals surface area (Å²) in [7, 11) is 0. The molecule has 3 nitrogen and oxygen atoms in total. The fraction of sp³-hybridized carbons (Fsp3) is 0.385. The number of nitrogens with zero attached hydrogens (tertiary/aromatic N) is 2. The van der Waals surface area contributed by atoms with Crippen LogP contribution in [0.2, 0.25) is 0 Å². The Morgan fingerprint density at radius 3 is 2.61 bits per heavy atom. The fourth-order valence-corrected chi connectivity index (χ4v) is 3.68. The summed E-state index contributed by atoms with van der Waals surface area (Å²) < 4.78 is 33.8. The molecule has 31 heavy (non-hydrogen) atoms. The van der Waals surface area contributed by atoms with Gasteiger partial charge in [-0.05, 0) is 62.9 Å². The minimum absolute atomic E-state index is 0.0857. The number of hydrogen-bond acceptors (Lipinski definition) is 3. The molecule has 1 heterocycles. The van der Waals surface area contributed by atoms with Gasteiger partial charge < -0.3 is 4.74 Å². The van der Waals surface area contributed by atoms with Crippen LogP contribution in [-0.4, -0.2) is 18.0 Å². The maximum absolute atomic E-state index is 14.0. The molecule has 0 spiro atoms. The van der Waals surface area contributed by atoms with E-state index in [0.717, 1.165) is 30.5 Å². The van der Waals surface area contributed by atoms with Gasteiger partial charge in [0.15, 0.2) is 0 Å². The third kappa shape index (κ3) is 5.66. The van der Waals surface area contributed by atoms with Crippen molar-refractivity contribution in [3.8, 4) is 5.75 Å². The predicted molar refractivity (Wildman–Crippen MR) is 124 cm³/mol. The molecule has 0 saturated carbocycles. The van der Waals surface area contributed by atoms with Crippen LogP contribution >= 0.6 is 0 Å². The van der Waals surface area contributed by atoms with Gasteiger partial charge in [-0.15, -0.1) is 0 Å². The van der Waals surface area contributed by atoms with Crippen LogP contribution in [0.4, 0.5) is 14.5 Å². The number of aryl methyl sites for hydroxylation is 1. The molecule has 2 unspecified atom stereocenters. The Balaban J connectivity index is 1.81. The highest BCUT2D eigenvalue weighted by Crippen LogP contribution is 2.34. The zero-order valence-corrected chi connectivity index (χ0v) is 18.7. The van der Waals surface area contributed by atoms with E-state index in [4.69, 9.17) is 9.73 Å². The SMILES string of the molecule is CCC1CCC(C(C)C(C)=Nc2c(C)cccc2OCc2c(F)cccc2F)=CC=N1. The van der Waals surface area contributed by atoms with Crippen molar-refractivity contribution in [2.24, 2.45) is 15.9 Å². The molecule has 0 radical (unpaired) electrons. The number of allylic oxidation sites excluding steroid dienone is 2. The zero-order chi connectivity index (χ0) is 22.4.